The molecule has 0 aliphatic heterocycles. The Kier molecular flexibility index (Phi) is 2.91. The Morgan fingerprint density at radius 3 is 2.00 bits per heavy atom. The maximum Gasteiger partial charge on any atom is 0.121 e. The van der Waals surface area contributed by atoms with Gasteiger partial charge in [-0.05, 0) is 23.8 Å². The van der Waals surface area contributed by atoms with Gasteiger partial charge >= 0.3 is 0 Å². The first-order valence-corrected chi connectivity index (χ1v) is 6.22. The van der Waals surface area contributed by atoms with Gasteiger partial charge in [-0.2, -0.15) is 0 Å². The number of hydrogen-bond acceptors (Lipinski definition) is 0. The van der Waals surface area contributed by atoms with Gasteiger partial charge in [-0.1, -0.05) is 60.1 Å². The lowest BCUT2D eigenvalue weighted by molar-refractivity contribution is 1.08. The molecule has 0 amide bonds. The van der Waals surface area contributed by atoms with Crippen LogP contribution in [0.2, 0.25) is 5.15 Å². The second-order valence-electron chi connectivity index (χ2n) is 4.09. The molecule has 1 aromatic heterocycles. The van der Waals surface area contributed by atoms with Gasteiger partial charge in [0, 0.05) is 17.4 Å². The number of rotatable bonds is 2. The first kappa shape index (κ1) is 11.1. The topological polar surface area (TPSA) is 4.93 Å². The number of aromatic nitrogens is 1. The zero-order valence-corrected chi connectivity index (χ0v) is 10.5. The summed E-state index contributed by atoms with van der Waals surface area (Å²) in [5.74, 6) is 0. The van der Waals surface area contributed by atoms with Crippen molar-refractivity contribution < 1.29 is 0 Å². The predicted molar refractivity (Wildman–Crippen MR) is 76.2 cm³/mol. The lowest BCUT2D eigenvalue weighted by Crippen LogP contribution is -1.90. The van der Waals surface area contributed by atoms with Gasteiger partial charge in [0.2, 0.25) is 0 Å². The van der Waals surface area contributed by atoms with E-state index in [1.807, 2.05) is 65.4 Å². The van der Waals surface area contributed by atoms with Crippen LogP contribution >= 0.6 is 11.6 Å². The standard InChI is InChI=1S/C16H12ClN/c17-16-15(13-7-3-1-4-8-13)11-12-18(16)14-9-5-2-6-10-14/h1-12H. The molecule has 88 valence electrons. The predicted octanol–water partition coefficient (Wildman–Crippen LogP) is 4.80. The maximum atomic E-state index is 6.46. The van der Waals surface area contributed by atoms with E-state index in [4.69, 9.17) is 11.6 Å². The Bertz CT molecular complexity index is 584. The minimum atomic E-state index is 0.743. The van der Waals surface area contributed by atoms with Gasteiger partial charge in [0.05, 0.1) is 0 Å². The zero-order chi connectivity index (χ0) is 12.4. The number of hydrogen-bond donors (Lipinski definition) is 0. The molecule has 0 spiro atoms. The second-order valence-corrected chi connectivity index (χ2v) is 4.45. The van der Waals surface area contributed by atoms with Crippen molar-refractivity contribution >= 4 is 11.6 Å². The molecule has 2 heteroatoms. The third kappa shape index (κ3) is 1.93. The highest BCUT2D eigenvalue weighted by molar-refractivity contribution is 6.32. The molecule has 0 saturated heterocycles. The highest BCUT2D eigenvalue weighted by Gasteiger charge is 2.09. The van der Waals surface area contributed by atoms with Crippen molar-refractivity contribution in [2.24, 2.45) is 0 Å². The van der Waals surface area contributed by atoms with E-state index in [2.05, 4.69) is 12.1 Å². The van der Waals surface area contributed by atoms with Crippen molar-refractivity contribution in [1.82, 2.24) is 4.57 Å². The SMILES string of the molecule is Clc1c(-c2ccccc2)ccn1-c1ccccc1. The molecule has 3 rings (SSSR count). The fourth-order valence-corrected chi connectivity index (χ4v) is 2.36. The molecule has 0 bridgehead atoms. The highest BCUT2D eigenvalue weighted by Crippen LogP contribution is 2.30. The minimum Gasteiger partial charge on any atom is -0.307 e. The average molecular weight is 254 g/mol. The monoisotopic (exact) mass is 253 g/mol. The van der Waals surface area contributed by atoms with Crippen LogP contribution in [0.25, 0.3) is 16.8 Å². The number of halogens is 1. The summed E-state index contributed by atoms with van der Waals surface area (Å²) in [5, 5.41) is 0.743. The number of nitrogens with zero attached hydrogens (tertiary/aromatic N) is 1. The van der Waals surface area contributed by atoms with Gasteiger partial charge in [-0.3, -0.25) is 0 Å². The maximum absolute atomic E-state index is 6.46. The third-order valence-corrected chi connectivity index (χ3v) is 3.33. The third-order valence-electron chi connectivity index (χ3n) is 2.94. The van der Waals surface area contributed by atoms with Crippen molar-refractivity contribution in [2.45, 2.75) is 0 Å². The summed E-state index contributed by atoms with van der Waals surface area (Å²) in [7, 11) is 0. The Labute approximate surface area is 111 Å². The van der Waals surface area contributed by atoms with Crippen LogP contribution in [-0.2, 0) is 0 Å². The summed E-state index contributed by atoms with van der Waals surface area (Å²) < 4.78 is 1.99. The molecule has 0 fully saturated rings. The average Bonchev–Trinajstić information content (AvgIpc) is 2.83. The van der Waals surface area contributed by atoms with Gasteiger partial charge in [-0.25, -0.2) is 0 Å². The van der Waals surface area contributed by atoms with Crippen molar-refractivity contribution in [2.75, 3.05) is 0 Å². The Morgan fingerprint density at radius 2 is 1.33 bits per heavy atom. The largest absolute Gasteiger partial charge is 0.307 e. The van der Waals surface area contributed by atoms with Gasteiger partial charge in [-0.15, -0.1) is 0 Å². The van der Waals surface area contributed by atoms with Crippen LogP contribution in [0.15, 0.2) is 72.9 Å². The van der Waals surface area contributed by atoms with E-state index in [1.54, 1.807) is 0 Å². The fourth-order valence-electron chi connectivity index (χ4n) is 2.03. The molecular weight excluding hydrogens is 242 g/mol. The number of benzene rings is 2. The molecule has 3 aromatic rings. The van der Waals surface area contributed by atoms with E-state index in [9.17, 15) is 0 Å². The van der Waals surface area contributed by atoms with Gasteiger partial charge in [0.1, 0.15) is 5.15 Å². The summed E-state index contributed by atoms with van der Waals surface area (Å²) in [5.41, 5.74) is 3.27. The van der Waals surface area contributed by atoms with Crippen LogP contribution in [-0.4, -0.2) is 4.57 Å². The normalized spacial score (nSPS) is 10.5. The molecule has 0 saturated carbocycles. The smallest absolute Gasteiger partial charge is 0.121 e. The van der Waals surface area contributed by atoms with Crippen molar-refractivity contribution in [3.8, 4) is 16.8 Å². The molecule has 0 aliphatic rings. The van der Waals surface area contributed by atoms with Crippen LogP contribution < -0.4 is 0 Å². The van der Waals surface area contributed by atoms with E-state index < -0.39 is 0 Å². The van der Waals surface area contributed by atoms with Crippen LogP contribution in [0.3, 0.4) is 0 Å². The van der Waals surface area contributed by atoms with E-state index in [1.165, 1.54) is 0 Å². The summed E-state index contributed by atoms with van der Waals surface area (Å²) in [6.07, 6.45) is 2.00. The van der Waals surface area contributed by atoms with Crippen LogP contribution in [0.5, 0.6) is 0 Å². The van der Waals surface area contributed by atoms with E-state index in [0.29, 0.717) is 0 Å². The molecular formula is C16H12ClN. The molecule has 0 atom stereocenters. The minimum absolute atomic E-state index is 0.743. The second kappa shape index (κ2) is 4.71. The Hall–Kier alpha value is -1.99. The van der Waals surface area contributed by atoms with Gasteiger partial charge in [0.15, 0.2) is 0 Å². The molecule has 2 aromatic carbocycles. The molecule has 0 N–H and O–H groups in total. The van der Waals surface area contributed by atoms with Crippen molar-refractivity contribution in [3.63, 3.8) is 0 Å². The molecule has 0 radical (unpaired) electrons. The quantitative estimate of drug-likeness (QED) is 0.618. The van der Waals surface area contributed by atoms with Crippen LogP contribution in [0, 0.1) is 0 Å². The Balaban J connectivity index is 2.09. The Morgan fingerprint density at radius 1 is 0.722 bits per heavy atom. The lowest BCUT2D eigenvalue weighted by atomic mass is 10.1. The molecule has 1 heterocycles. The van der Waals surface area contributed by atoms with E-state index in [-0.39, 0.29) is 0 Å². The fraction of sp³-hybridized carbons (Fsp3) is 0. The first-order chi connectivity index (χ1) is 8.86. The highest BCUT2D eigenvalue weighted by atomic mass is 35.5. The van der Waals surface area contributed by atoms with Gasteiger partial charge < -0.3 is 4.57 Å². The molecule has 1 nitrogen and oxygen atoms in total. The first-order valence-electron chi connectivity index (χ1n) is 5.84. The van der Waals surface area contributed by atoms with Crippen LogP contribution in [0.4, 0.5) is 0 Å². The summed E-state index contributed by atoms with van der Waals surface area (Å²) in [6.45, 7) is 0. The molecule has 0 unspecified atom stereocenters. The van der Waals surface area contributed by atoms with E-state index in [0.717, 1.165) is 22.0 Å². The van der Waals surface area contributed by atoms with Crippen molar-refractivity contribution in [3.05, 3.63) is 78.1 Å². The summed E-state index contributed by atoms with van der Waals surface area (Å²) in [6, 6.07) is 22.3. The van der Waals surface area contributed by atoms with Crippen molar-refractivity contribution in [1.29, 1.82) is 0 Å². The summed E-state index contributed by atoms with van der Waals surface area (Å²) in [4.78, 5) is 0. The number of para-hydroxylation sites is 1. The summed E-state index contributed by atoms with van der Waals surface area (Å²) >= 11 is 6.46. The lowest BCUT2D eigenvalue weighted by Gasteiger charge is -2.05. The molecule has 18 heavy (non-hydrogen) atoms. The van der Waals surface area contributed by atoms with Crippen LogP contribution in [0.1, 0.15) is 0 Å². The zero-order valence-electron chi connectivity index (χ0n) is 9.75. The molecule has 0 aliphatic carbocycles. The van der Waals surface area contributed by atoms with E-state index >= 15 is 0 Å². The van der Waals surface area contributed by atoms with Gasteiger partial charge in [0.25, 0.3) is 0 Å².